The maximum atomic E-state index is 13.0. The molecule has 5 nitrogen and oxygen atoms in total. The van der Waals surface area contributed by atoms with Gasteiger partial charge < -0.3 is 19.5 Å². The number of carbonyl (C=O) groups excluding carboxylic acids is 1. The fourth-order valence-electron chi connectivity index (χ4n) is 3.72. The summed E-state index contributed by atoms with van der Waals surface area (Å²) in [5.74, 6) is 1.81. The summed E-state index contributed by atoms with van der Waals surface area (Å²) < 4.78 is 16.3. The van der Waals surface area contributed by atoms with Crippen molar-refractivity contribution in [2.75, 3.05) is 26.6 Å². The minimum absolute atomic E-state index is 0.124. The topological polar surface area (TPSA) is 56.8 Å². The monoisotopic (exact) mass is 363 g/mol. The number of Topliss-reactive ketones (excluding diaryl/α,β-unsaturated/α-hetero) is 1. The molecule has 138 valence electrons. The lowest BCUT2D eigenvalue weighted by molar-refractivity contribution is 0.0974. The highest BCUT2D eigenvalue weighted by Gasteiger charge is 2.28. The van der Waals surface area contributed by atoms with E-state index in [1.165, 1.54) is 0 Å². The molecule has 0 amide bonds. The van der Waals surface area contributed by atoms with E-state index in [2.05, 4.69) is 5.32 Å². The number of carbonyl (C=O) groups is 1. The van der Waals surface area contributed by atoms with Crippen molar-refractivity contribution in [3.63, 3.8) is 0 Å². The zero-order valence-electron chi connectivity index (χ0n) is 15.5. The van der Waals surface area contributed by atoms with Crippen molar-refractivity contribution in [1.82, 2.24) is 0 Å². The Hall–Kier alpha value is -3.21. The van der Waals surface area contributed by atoms with Gasteiger partial charge in [0.05, 0.1) is 27.4 Å². The van der Waals surface area contributed by atoms with Gasteiger partial charge in [0.1, 0.15) is 0 Å². The van der Waals surface area contributed by atoms with Crippen molar-refractivity contribution in [2.45, 2.75) is 12.5 Å². The second kappa shape index (κ2) is 6.83. The molecule has 27 heavy (non-hydrogen) atoms. The molecule has 0 radical (unpaired) electrons. The fraction of sp³-hybridized carbons (Fsp3) is 0.227. The summed E-state index contributed by atoms with van der Waals surface area (Å²) in [4.78, 5) is 13.0. The van der Waals surface area contributed by atoms with Gasteiger partial charge in [-0.2, -0.15) is 0 Å². The van der Waals surface area contributed by atoms with Crippen LogP contribution < -0.4 is 19.5 Å². The second-order valence-corrected chi connectivity index (χ2v) is 6.49. The van der Waals surface area contributed by atoms with Crippen LogP contribution in [0.15, 0.2) is 48.5 Å². The normalized spacial score (nSPS) is 15.8. The number of anilines is 1. The van der Waals surface area contributed by atoms with E-state index >= 15 is 0 Å². The average Bonchev–Trinajstić information content (AvgIpc) is 2.71. The molecule has 0 unspecified atom stereocenters. The lowest BCUT2D eigenvalue weighted by Crippen LogP contribution is -2.23. The minimum Gasteiger partial charge on any atom is -0.493 e. The largest absolute Gasteiger partial charge is 0.493 e. The number of methoxy groups -OCH3 is 3. The number of rotatable bonds is 4. The van der Waals surface area contributed by atoms with Gasteiger partial charge >= 0.3 is 0 Å². The van der Waals surface area contributed by atoms with Gasteiger partial charge in [-0.3, -0.25) is 4.79 Å². The van der Waals surface area contributed by atoms with E-state index in [0.717, 1.165) is 27.6 Å². The summed E-state index contributed by atoms with van der Waals surface area (Å²) in [7, 11) is 4.74. The maximum absolute atomic E-state index is 13.0. The summed E-state index contributed by atoms with van der Waals surface area (Å²) >= 11 is 0. The molecule has 5 heteroatoms. The molecule has 1 aliphatic rings. The molecule has 0 aromatic heterocycles. The summed E-state index contributed by atoms with van der Waals surface area (Å²) in [6.45, 7) is 0. The van der Waals surface area contributed by atoms with E-state index in [1.807, 2.05) is 48.5 Å². The number of hydrogen-bond donors (Lipinski definition) is 1. The molecule has 4 rings (SSSR count). The first-order chi connectivity index (χ1) is 13.2. The summed E-state index contributed by atoms with van der Waals surface area (Å²) in [6, 6.07) is 15.6. The molecule has 0 spiro atoms. The van der Waals surface area contributed by atoms with Crippen LogP contribution in [0.2, 0.25) is 0 Å². The summed E-state index contributed by atoms with van der Waals surface area (Å²) in [6.07, 6.45) is 0.361. The molecule has 1 atom stereocenters. The van der Waals surface area contributed by atoms with Crippen molar-refractivity contribution >= 4 is 22.2 Å². The van der Waals surface area contributed by atoms with Crippen LogP contribution in [0.3, 0.4) is 0 Å². The van der Waals surface area contributed by atoms with E-state index in [4.69, 9.17) is 14.2 Å². The predicted octanol–water partition coefficient (Wildman–Crippen LogP) is 4.61. The quantitative estimate of drug-likeness (QED) is 0.734. The SMILES string of the molecule is COc1cc([C@H]2CC(=O)c3c(ccc4ccccc34)N2)cc(OC)c1OC. The summed E-state index contributed by atoms with van der Waals surface area (Å²) in [5, 5.41) is 5.55. The third kappa shape index (κ3) is 2.85. The predicted molar refractivity (Wildman–Crippen MR) is 105 cm³/mol. The molecule has 0 bridgehead atoms. The molecular formula is C22H21NO4. The Morgan fingerprint density at radius 1 is 0.926 bits per heavy atom. The highest BCUT2D eigenvalue weighted by atomic mass is 16.5. The molecular weight excluding hydrogens is 342 g/mol. The zero-order chi connectivity index (χ0) is 19.0. The van der Waals surface area contributed by atoms with Crippen molar-refractivity contribution in [1.29, 1.82) is 0 Å². The Bertz CT molecular complexity index is 1000. The first-order valence-corrected chi connectivity index (χ1v) is 8.77. The molecule has 1 heterocycles. The number of benzene rings is 3. The molecule has 0 fully saturated rings. The van der Waals surface area contributed by atoms with Crippen molar-refractivity contribution in [3.8, 4) is 17.2 Å². The van der Waals surface area contributed by atoms with E-state index in [1.54, 1.807) is 21.3 Å². The number of nitrogens with one attached hydrogen (secondary N) is 1. The number of ketones is 1. The Labute approximate surface area is 157 Å². The number of ether oxygens (including phenoxy) is 3. The highest BCUT2D eigenvalue weighted by molar-refractivity contribution is 6.14. The molecule has 3 aromatic rings. The van der Waals surface area contributed by atoms with Gasteiger partial charge in [0.2, 0.25) is 5.75 Å². The first-order valence-electron chi connectivity index (χ1n) is 8.77. The lowest BCUT2D eigenvalue weighted by atomic mass is 9.89. The van der Waals surface area contributed by atoms with Crippen LogP contribution in [0.5, 0.6) is 17.2 Å². The van der Waals surface area contributed by atoms with E-state index in [-0.39, 0.29) is 11.8 Å². The standard InChI is InChI=1S/C22H21NO4/c1-25-19-10-14(11-20(26-2)22(19)27-3)17-12-18(24)21-15-7-5-4-6-13(15)8-9-16(21)23-17/h4-11,17,23H,12H2,1-3H3/t17-/m1/s1. The van der Waals surface area contributed by atoms with Crippen molar-refractivity contribution in [2.24, 2.45) is 0 Å². The Kier molecular flexibility index (Phi) is 4.36. The van der Waals surface area contributed by atoms with Gasteiger partial charge in [-0.05, 0) is 34.5 Å². The smallest absolute Gasteiger partial charge is 0.203 e. The van der Waals surface area contributed by atoms with Crippen molar-refractivity contribution < 1.29 is 19.0 Å². The Balaban J connectivity index is 1.78. The minimum atomic E-state index is -0.167. The lowest BCUT2D eigenvalue weighted by Gasteiger charge is -2.28. The zero-order valence-corrected chi connectivity index (χ0v) is 15.5. The average molecular weight is 363 g/mol. The molecule has 1 N–H and O–H groups in total. The molecule has 1 aliphatic heterocycles. The van der Waals surface area contributed by atoms with Gasteiger partial charge in [0.15, 0.2) is 17.3 Å². The second-order valence-electron chi connectivity index (χ2n) is 6.49. The highest BCUT2D eigenvalue weighted by Crippen LogP contribution is 2.43. The van der Waals surface area contributed by atoms with E-state index < -0.39 is 0 Å². The third-order valence-corrected chi connectivity index (χ3v) is 5.02. The van der Waals surface area contributed by atoms with Gasteiger partial charge in [-0.15, -0.1) is 0 Å². The Morgan fingerprint density at radius 2 is 1.63 bits per heavy atom. The van der Waals surface area contributed by atoms with Crippen LogP contribution in [0.4, 0.5) is 5.69 Å². The van der Waals surface area contributed by atoms with Crippen LogP contribution >= 0.6 is 0 Å². The van der Waals surface area contributed by atoms with Crippen LogP contribution in [0.25, 0.3) is 10.8 Å². The Morgan fingerprint density at radius 3 is 2.30 bits per heavy atom. The van der Waals surface area contributed by atoms with Crippen LogP contribution in [0, 0.1) is 0 Å². The van der Waals surface area contributed by atoms with E-state index in [9.17, 15) is 4.79 Å². The van der Waals surface area contributed by atoms with Crippen LogP contribution in [-0.2, 0) is 0 Å². The first kappa shape index (κ1) is 17.2. The summed E-state index contributed by atoms with van der Waals surface area (Å²) in [5.41, 5.74) is 2.53. The molecule has 3 aromatic carbocycles. The molecule has 0 aliphatic carbocycles. The fourth-order valence-corrected chi connectivity index (χ4v) is 3.72. The van der Waals surface area contributed by atoms with Gasteiger partial charge in [-0.25, -0.2) is 0 Å². The number of hydrogen-bond acceptors (Lipinski definition) is 5. The molecule has 0 saturated heterocycles. The van der Waals surface area contributed by atoms with Crippen LogP contribution in [-0.4, -0.2) is 27.1 Å². The third-order valence-electron chi connectivity index (χ3n) is 5.02. The van der Waals surface area contributed by atoms with Gasteiger partial charge in [0, 0.05) is 17.7 Å². The molecule has 0 saturated carbocycles. The maximum Gasteiger partial charge on any atom is 0.203 e. The number of fused-ring (bicyclic) bond motifs is 3. The van der Waals surface area contributed by atoms with Crippen LogP contribution in [0.1, 0.15) is 28.4 Å². The van der Waals surface area contributed by atoms with E-state index in [0.29, 0.717) is 23.7 Å². The van der Waals surface area contributed by atoms with Gasteiger partial charge in [-0.1, -0.05) is 30.3 Å². The van der Waals surface area contributed by atoms with Crippen molar-refractivity contribution in [3.05, 3.63) is 59.7 Å². The van der Waals surface area contributed by atoms with Gasteiger partial charge in [0.25, 0.3) is 0 Å².